The minimum Gasteiger partial charge on any atom is -0.328 e. The van der Waals surface area contributed by atoms with Gasteiger partial charge in [0, 0.05) is 11.3 Å². The van der Waals surface area contributed by atoms with Gasteiger partial charge in [-0.25, -0.2) is 4.39 Å². The lowest BCUT2D eigenvalue weighted by Crippen LogP contribution is -2.23. The number of nitrogens with one attached hydrogen (secondary N) is 1. The van der Waals surface area contributed by atoms with Gasteiger partial charge in [0.05, 0.1) is 0 Å². The summed E-state index contributed by atoms with van der Waals surface area (Å²) < 4.78 is 13.3. The molecule has 0 aliphatic heterocycles. The fraction of sp³-hybridized carbons (Fsp3) is 0.300. The number of rotatable bonds is 5. The summed E-state index contributed by atoms with van der Waals surface area (Å²) in [4.78, 5) is 10.2. The van der Waals surface area contributed by atoms with Crippen LogP contribution in [0.4, 0.5) is 4.39 Å². The van der Waals surface area contributed by atoms with Crippen molar-refractivity contribution in [2.24, 2.45) is 0 Å². The molecule has 0 rings (SSSR count). The van der Waals surface area contributed by atoms with Crippen molar-refractivity contribution in [3.8, 4) is 0 Å². The number of carbonyl (C=O) groups is 1. The van der Waals surface area contributed by atoms with Gasteiger partial charge in [-0.1, -0.05) is 19.2 Å². The molecule has 0 heterocycles. The monoisotopic (exact) mass is 183 g/mol. The Balaban J connectivity index is 4.76. The van der Waals surface area contributed by atoms with Crippen molar-refractivity contribution < 1.29 is 9.18 Å². The summed E-state index contributed by atoms with van der Waals surface area (Å²) >= 11 is 0. The Bertz CT molecular complexity index is 248. The molecule has 0 aliphatic rings. The highest BCUT2D eigenvalue weighted by Gasteiger charge is 2.22. The smallest absolute Gasteiger partial charge is 0.211 e. The van der Waals surface area contributed by atoms with E-state index in [-0.39, 0.29) is 5.57 Å². The van der Waals surface area contributed by atoms with Crippen LogP contribution in [0.15, 0.2) is 36.6 Å². The molecule has 1 amide bonds. The highest BCUT2D eigenvalue weighted by atomic mass is 19.1. The minimum atomic E-state index is -1.55. The van der Waals surface area contributed by atoms with Crippen LogP contribution in [-0.4, -0.2) is 12.1 Å². The molecule has 0 aromatic rings. The standard InChI is InChI=1S/C10H14FNO/c1-5-6-9(12-7-13)8(2)10(3,4)11/h5-7H,1-2H2,3-4H3,(H,12,13)/b9-6+. The zero-order valence-electron chi connectivity index (χ0n) is 7.93. The Hall–Kier alpha value is -1.38. The normalized spacial score (nSPS) is 12.1. The topological polar surface area (TPSA) is 29.1 Å². The molecular formula is C10H14FNO. The summed E-state index contributed by atoms with van der Waals surface area (Å²) in [6.07, 6.45) is 3.44. The van der Waals surface area contributed by atoms with E-state index in [1.165, 1.54) is 26.0 Å². The fourth-order valence-electron chi connectivity index (χ4n) is 0.737. The van der Waals surface area contributed by atoms with Crippen LogP contribution < -0.4 is 5.32 Å². The van der Waals surface area contributed by atoms with Crippen molar-refractivity contribution in [2.75, 3.05) is 0 Å². The molecule has 0 atom stereocenters. The lowest BCUT2D eigenvalue weighted by Gasteiger charge is -2.19. The van der Waals surface area contributed by atoms with Crippen molar-refractivity contribution in [1.29, 1.82) is 0 Å². The third-order valence-electron chi connectivity index (χ3n) is 1.54. The van der Waals surface area contributed by atoms with Crippen LogP contribution in [0, 0.1) is 0 Å². The lowest BCUT2D eigenvalue weighted by molar-refractivity contribution is -0.108. The first-order valence-corrected chi connectivity index (χ1v) is 3.85. The van der Waals surface area contributed by atoms with Crippen LogP contribution in [-0.2, 0) is 4.79 Å². The molecule has 0 spiro atoms. The van der Waals surface area contributed by atoms with Gasteiger partial charge in [-0.05, 0) is 19.9 Å². The lowest BCUT2D eigenvalue weighted by atomic mass is 9.98. The number of alkyl halides is 1. The number of allylic oxidation sites excluding steroid dienone is 3. The summed E-state index contributed by atoms with van der Waals surface area (Å²) in [5.74, 6) is 0. The van der Waals surface area contributed by atoms with Gasteiger partial charge in [0.2, 0.25) is 6.41 Å². The molecule has 0 aromatic heterocycles. The van der Waals surface area contributed by atoms with E-state index in [1.807, 2.05) is 0 Å². The number of carbonyl (C=O) groups excluding carboxylic acids is 1. The molecule has 0 fully saturated rings. The molecular weight excluding hydrogens is 169 g/mol. The van der Waals surface area contributed by atoms with Gasteiger partial charge in [-0.3, -0.25) is 4.79 Å². The van der Waals surface area contributed by atoms with E-state index >= 15 is 0 Å². The van der Waals surface area contributed by atoms with Crippen LogP contribution >= 0.6 is 0 Å². The number of hydrogen-bond donors (Lipinski definition) is 1. The third-order valence-corrected chi connectivity index (χ3v) is 1.54. The Morgan fingerprint density at radius 3 is 2.38 bits per heavy atom. The Kier molecular flexibility index (Phi) is 4.11. The predicted octanol–water partition coefficient (Wildman–Crippen LogP) is 2.11. The molecule has 0 saturated heterocycles. The van der Waals surface area contributed by atoms with E-state index in [2.05, 4.69) is 18.5 Å². The average molecular weight is 183 g/mol. The second-order valence-electron chi connectivity index (χ2n) is 3.03. The van der Waals surface area contributed by atoms with Crippen molar-refractivity contribution in [1.82, 2.24) is 5.32 Å². The molecule has 0 bridgehead atoms. The van der Waals surface area contributed by atoms with Crippen LogP contribution in [0.5, 0.6) is 0 Å². The maximum absolute atomic E-state index is 13.3. The van der Waals surface area contributed by atoms with Crippen LogP contribution in [0.3, 0.4) is 0 Å². The van der Waals surface area contributed by atoms with E-state index < -0.39 is 5.67 Å². The van der Waals surface area contributed by atoms with Crippen molar-refractivity contribution in [2.45, 2.75) is 19.5 Å². The number of halogens is 1. The largest absolute Gasteiger partial charge is 0.328 e. The summed E-state index contributed by atoms with van der Waals surface area (Å²) in [5, 5.41) is 2.36. The molecule has 0 aliphatic carbocycles. The molecule has 2 nitrogen and oxygen atoms in total. The second kappa shape index (κ2) is 4.60. The van der Waals surface area contributed by atoms with Crippen molar-refractivity contribution in [3.05, 3.63) is 36.6 Å². The summed E-state index contributed by atoms with van der Waals surface area (Å²) in [7, 11) is 0. The molecule has 13 heavy (non-hydrogen) atoms. The van der Waals surface area contributed by atoms with Crippen molar-refractivity contribution in [3.63, 3.8) is 0 Å². The zero-order valence-corrected chi connectivity index (χ0v) is 7.93. The van der Waals surface area contributed by atoms with E-state index in [4.69, 9.17) is 0 Å². The van der Waals surface area contributed by atoms with Crippen LogP contribution in [0.25, 0.3) is 0 Å². The maximum Gasteiger partial charge on any atom is 0.211 e. The highest BCUT2D eigenvalue weighted by Crippen LogP contribution is 2.23. The van der Waals surface area contributed by atoms with Crippen LogP contribution in [0.2, 0.25) is 0 Å². The fourth-order valence-corrected chi connectivity index (χ4v) is 0.737. The minimum absolute atomic E-state index is 0.222. The van der Waals surface area contributed by atoms with E-state index in [9.17, 15) is 9.18 Å². The van der Waals surface area contributed by atoms with Gasteiger partial charge in [-0.15, -0.1) is 0 Å². The predicted molar refractivity (Wildman–Crippen MR) is 51.8 cm³/mol. The average Bonchev–Trinajstić information content (AvgIpc) is 2.01. The van der Waals surface area contributed by atoms with Gasteiger partial charge in [0.1, 0.15) is 5.67 Å². The van der Waals surface area contributed by atoms with Gasteiger partial charge in [0.15, 0.2) is 0 Å². The summed E-state index contributed by atoms with van der Waals surface area (Å²) in [6, 6.07) is 0. The van der Waals surface area contributed by atoms with Gasteiger partial charge in [-0.2, -0.15) is 0 Å². The Labute approximate surface area is 77.8 Å². The molecule has 0 radical (unpaired) electrons. The van der Waals surface area contributed by atoms with Crippen LogP contribution in [0.1, 0.15) is 13.8 Å². The van der Waals surface area contributed by atoms with E-state index in [1.54, 1.807) is 0 Å². The molecule has 1 N–H and O–H groups in total. The summed E-state index contributed by atoms with van der Waals surface area (Å²) in [5.41, 5.74) is -0.984. The first-order chi connectivity index (χ1) is 5.93. The number of amides is 1. The van der Waals surface area contributed by atoms with Gasteiger partial charge >= 0.3 is 0 Å². The number of hydrogen-bond acceptors (Lipinski definition) is 1. The summed E-state index contributed by atoms with van der Waals surface area (Å²) in [6.45, 7) is 9.75. The quantitative estimate of drug-likeness (QED) is 0.513. The Morgan fingerprint density at radius 2 is 2.08 bits per heavy atom. The Morgan fingerprint density at radius 1 is 1.54 bits per heavy atom. The van der Waals surface area contributed by atoms with E-state index in [0.29, 0.717) is 12.1 Å². The van der Waals surface area contributed by atoms with E-state index in [0.717, 1.165) is 0 Å². The highest BCUT2D eigenvalue weighted by molar-refractivity contribution is 5.55. The van der Waals surface area contributed by atoms with Gasteiger partial charge in [0.25, 0.3) is 0 Å². The molecule has 72 valence electrons. The second-order valence-corrected chi connectivity index (χ2v) is 3.03. The first kappa shape index (κ1) is 11.6. The third kappa shape index (κ3) is 3.69. The maximum atomic E-state index is 13.3. The first-order valence-electron chi connectivity index (χ1n) is 3.85. The zero-order chi connectivity index (χ0) is 10.5. The molecule has 0 saturated carbocycles. The molecule has 0 unspecified atom stereocenters. The van der Waals surface area contributed by atoms with Crippen molar-refractivity contribution >= 4 is 6.41 Å². The molecule has 3 heteroatoms. The SMILES string of the molecule is C=C/C=C(/NC=O)C(=C)C(C)(C)F. The molecule has 0 aromatic carbocycles. The van der Waals surface area contributed by atoms with Gasteiger partial charge < -0.3 is 5.32 Å².